The van der Waals surface area contributed by atoms with E-state index in [9.17, 15) is 0 Å². The number of ether oxygens (including phenoxy) is 1. The summed E-state index contributed by atoms with van der Waals surface area (Å²) < 4.78 is 6.29. The van der Waals surface area contributed by atoms with E-state index in [1.807, 2.05) is 19.4 Å². The maximum Gasteiger partial charge on any atom is 0.113 e. The molecule has 2 heterocycles. The number of methoxy groups -OCH3 is 1. The molecule has 0 N–H and O–H groups in total. The van der Waals surface area contributed by atoms with Crippen LogP contribution < -0.4 is 0 Å². The van der Waals surface area contributed by atoms with Crippen LogP contribution in [-0.2, 0) is 10.3 Å². The maximum absolute atomic E-state index is 6.29. The zero-order chi connectivity index (χ0) is 18.3. The topological polar surface area (TPSA) is 35.0 Å². The smallest absolute Gasteiger partial charge is 0.113 e. The Morgan fingerprint density at radius 1 is 1.04 bits per heavy atom. The van der Waals surface area contributed by atoms with Crippen molar-refractivity contribution < 1.29 is 4.74 Å². The van der Waals surface area contributed by atoms with Crippen LogP contribution in [-0.4, -0.2) is 17.1 Å². The molecule has 1 aliphatic rings. The predicted molar refractivity (Wildman–Crippen MR) is 107 cm³/mol. The zero-order valence-electron chi connectivity index (χ0n) is 16.2. The van der Waals surface area contributed by atoms with Crippen molar-refractivity contribution in [2.75, 3.05) is 7.11 Å². The summed E-state index contributed by atoms with van der Waals surface area (Å²) in [6.45, 7) is 6.96. The second kappa shape index (κ2) is 6.62. The molecular weight excluding hydrogens is 320 g/mol. The molecule has 1 aliphatic carbocycles. The number of fused-ring (bicyclic) bond motifs is 3. The summed E-state index contributed by atoms with van der Waals surface area (Å²) in [5.74, 6) is 1.69. The molecule has 4 rings (SSSR count). The Labute approximate surface area is 155 Å². The molecule has 1 unspecified atom stereocenters. The highest BCUT2D eigenvalue weighted by atomic mass is 16.5. The first-order chi connectivity index (χ1) is 12.5. The van der Waals surface area contributed by atoms with E-state index in [-0.39, 0.29) is 5.60 Å². The number of hydrogen-bond acceptors (Lipinski definition) is 3. The lowest BCUT2D eigenvalue weighted by molar-refractivity contribution is -0.119. The second-order valence-corrected chi connectivity index (χ2v) is 8.24. The van der Waals surface area contributed by atoms with E-state index in [4.69, 9.17) is 9.72 Å². The number of hydrogen-bond donors (Lipinski definition) is 0. The fourth-order valence-electron chi connectivity index (χ4n) is 4.93. The van der Waals surface area contributed by atoms with Crippen LogP contribution in [0.25, 0.3) is 21.8 Å². The molecule has 3 nitrogen and oxygen atoms in total. The third kappa shape index (κ3) is 2.69. The van der Waals surface area contributed by atoms with E-state index in [1.165, 1.54) is 12.8 Å². The van der Waals surface area contributed by atoms with Gasteiger partial charge in [0, 0.05) is 24.1 Å². The standard InChI is InChI=1S/C23H28N2O/c1-15(2)19-11-7-16(3)14-23(19,26-4)20-12-10-18-9-8-17-6-5-13-24-21(17)22(18)25-20/h5-6,8-10,12-13,15-16,19H,7,11,14H2,1-4H3/t16-,19+,23?/m0/s1. The highest BCUT2D eigenvalue weighted by Crippen LogP contribution is 2.49. The minimum Gasteiger partial charge on any atom is -0.372 e. The van der Waals surface area contributed by atoms with Crippen LogP contribution >= 0.6 is 0 Å². The average Bonchev–Trinajstić information content (AvgIpc) is 2.67. The van der Waals surface area contributed by atoms with Crippen molar-refractivity contribution in [3.05, 3.63) is 48.3 Å². The van der Waals surface area contributed by atoms with E-state index >= 15 is 0 Å². The van der Waals surface area contributed by atoms with Gasteiger partial charge in [0.05, 0.1) is 16.7 Å². The van der Waals surface area contributed by atoms with Crippen molar-refractivity contribution in [1.82, 2.24) is 9.97 Å². The van der Waals surface area contributed by atoms with Gasteiger partial charge in [0.2, 0.25) is 0 Å². The minimum absolute atomic E-state index is 0.309. The minimum atomic E-state index is -0.309. The summed E-state index contributed by atoms with van der Waals surface area (Å²) in [4.78, 5) is 9.76. The Balaban J connectivity index is 1.94. The van der Waals surface area contributed by atoms with Gasteiger partial charge in [-0.3, -0.25) is 4.98 Å². The summed E-state index contributed by atoms with van der Waals surface area (Å²) in [5.41, 5.74) is 2.72. The lowest BCUT2D eigenvalue weighted by atomic mass is 9.65. The van der Waals surface area contributed by atoms with Gasteiger partial charge in [-0.2, -0.15) is 0 Å². The van der Waals surface area contributed by atoms with Gasteiger partial charge < -0.3 is 4.74 Å². The van der Waals surface area contributed by atoms with Crippen LogP contribution in [0, 0.1) is 17.8 Å². The Kier molecular flexibility index (Phi) is 4.44. The van der Waals surface area contributed by atoms with Crippen LogP contribution in [0.3, 0.4) is 0 Å². The van der Waals surface area contributed by atoms with Crippen molar-refractivity contribution in [3.8, 4) is 0 Å². The molecule has 0 bridgehead atoms. The molecule has 1 saturated carbocycles. The Hall–Kier alpha value is -2.00. The largest absolute Gasteiger partial charge is 0.372 e. The van der Waals surface area contributed by atoms with Crippen LogP contribution in [0.2, 0.25) is 0 Å². The Bertz CT molecular complexity index is 936. The monoisotopic (exact) mass is 348 g/mol. The summed E-state index contributed by atoms with van der Waals surface area (Å²) in [7, 11) is 1.86. The molecule has 2 aromatic heterocycles. The summed E-state index contributed by atoms with van der Waals surface area (Å²) in [6.07, 6.45) is 5.34. The molecule has 3 aromatic rings. The normalized spacial score (nSPS) is 26.7. The number of pyridine rings is 2. The molecular formula is C23H28N2O. The maximum atomic E-state index is 6.29. The molecule has 3 heteroatoms. The summed E-state index contributed by atoms with van der Waals surface area (Å²) >= 11 is 0. The summed E-state index contributed by atoms with van der Waals surface area (Å²) in [6, 6.07) is 12.7. The van der Waals surface area contributed by atoms with Gasteiger partial charge in [-0.15, -0.1) is 0 Å². The SMILES string of the molecule is COC1(c2ccc3ccc4cccnc4c3n2)C[C@@H](C)CC[C@@H]1C(C)C. The van der Waals surface area contributed by atoms with E-state index in [0.717, 1.165) is 33.9 Å². The van der Waals surface area contributed by atoms with Crippen molar-refractivity contribution in [3.63, 3.8) is 0 Å². The number of rotatable bonds is 3. The van der Waals surface area contributed by atoms with Gasteiger partial charge in [-0.1, -0.05) is 51.5 Å². The van der Waals surface area contributed by atoms with Crippen molar-refractivity contribution in [1.29, 1.82) is 0 Å². The Morgan fingerprint density at radius 3 is 2.50 bits per heavy atom. The van der Waals surface area contributed by atoms with Gasteiger partial charge in [-0.05, 0) is 42.7 Å². The fourth-order valence-corrected chi connectivity index (χ4v) is 4.93. The van der Waals surface area contributed by atoms with Gasteiger partial charge in [0.15, 0.2) is 0 Å². The molecule has 0 amide bonds. The van der Waals surface area contributed by atoms with Crippen molar-refractivity contribution >= 4 is 21.8 Å². The highest BCUT2D eigenvalue weighted by Gasteiger charge is 2.47. The lowest BCUT2D eigenvalue weighted by Crippen LogP contribution is -2.45. The lowest BCUT2D eigenvalue weighted by Gasteiger charge is -2.47. The average molecular weight is 348 g/mol. The first kappa shape index (κ1) is 17.4. The summed E-state index contributed by atoms with van der Waals surface area (Å²) in [5, 5.41) is 2.27. The third-order valence-electron chi connectivity index (χ3n) is 6.26. The molecule has 0 spiro atoms. The predicted octanol–water partition coefficient (Wildman–Crippen LogP) is 5.72. The van der Waals surface area contributed by atoms with Gasteiger partial charge >= 0.3 is 0 Å². The van der Waals surface area contributed by atoms with Crippen LogP contribution in [0.5, 0.6) is 0 Å². The molecule has 0 aliphatic heterocycles. The molecule has 0 radical (unpaired) electrons. The second-order valence-electron chi connectivity index (χ2n) is 8.24. The van der Waals surface area contributed by atoms with Crippen LogP contribution in [0.15, 0.2) is 42.6 Å². The number of aromatic nitrogens is 2. The Morgan fingerprint density at radius 2 is 1.77 bits per heavy atom. The first-order valence-corrected chi connectivity index (χ1v) is 9.75. The van der Waals surface area contributed by atoms with E-state index in [2.05, 4.69) is 56.1 Å². The molecule has 136 valence electrons. The van der Waals surface area contributed by atoms with Gasteiger partial charge in [-0.25, -0.2) is 4.98 Å². The quantitative estimate of drug-likeness (QED) is 0.568. The van der Waals surface area contributed by atoms with E-state index in [0.29, 0.717) is 17.8 Å². The molecule has 26 heavy (non-hydrogen) atoms. The molecule has 1 fully saturated rings. The number of benzene rings is 1. The van der Waals surface area contributed by atoms with Crippen LogP contribution in [0.1, 0.15) is 45.7 Å². The first-order valence-electron chi connectivity index (χ1n) is 9.75. The van der Waals surface area contributed by atoms with E-state index in [1.54, 1.807) is 0 Å². The fraction of sp³-hybridized carbons (Fsp3) is 0.478. The zero-order valence-corrected chi connectivity index (χ0v) is 16.2. The highest BCUT2D eigenvalue weighted by molar-refractivity contribution is 6.02. The molecule has 0 saturated heterocycles. The van der Waals surface area contributed by atoms with Crippen molar-refractivity contribution in [2.24, 2.45) is 17.8 Å². The number of nitrogens with zero attached hydrogens (tertiary/aromatic N) is 2. The van der Waals surface area contributed by atoms with Gasteiger partial charge in [0.25, 0.3) is 0 Å². The van der Waals surface area contributed by atoms with E-state index < -0.39 is 0 Å². The molecule has 1 aromatic carbocycles. The third-order valence-corrected chi connectivity index (χ3v) is 6.26. The van der Waals surface area contributed by atoms with Crippen molar-refractivity contribution in [2.45, 2.75) is 45.6 Å². The molecule has 3 atom stereocenters. The van der Waals surface area contributed by atoms with Crippen LogP contribution in [0.4, 0.5) is 0 Å². The van der Waals surface area contributed by atoms with Gasteiger partial charge in [0.1, 0.15) is 5.60 Å².